The first-order valence-corrected chi connectivity index (χ1v) is 9.19. The molecule has 7 heteroatoms. The second kappa shape index (κ2) is 6.43. The number of nitrogens with one attached hydrogen (secondary N) is 1. The molecule has 0 saturated heterocycles. The molecular formula is C13H18FNO3S2. The van der Waals surface area contributed by atoms with Crippen LogP contribution in [0.5, 0.6) is 0 Å². The third kappa shape index (κ3) is 3.33. The van der Waals surface area contributed by atoms with Gasteiger partial charge in [0.05, 0.1) is 11.5 Å². The molecule has 2 N–H and O–H groups in total. The molecule has 0 radical (unpaired) electrons. The fourth-order valence-electron chi connectivity index (χ4n) is 2.45. The van der Waals surface area contributed by atoms with Crippen molar-refractivity contribution in [1.82, 2.24) is 4.72 Å². The SMILES string of the molecule is CSC1CCCC1NS(=O)(=O)c1ccc(F)c(CO)c1. The van der Waals surface area contributed by atoms with Gasteiger partial charge in [-0.1, -0.05) is 6.42 Å². The molecule has 0 heterocycles. The van der Waals surface area contributed by atoms with Crippen LogP contribution in [0.2, 0.25) is 0 Å². The van der Waals surface area contributed by atoms with Gasteiger partial charge in [0.2, 0.25) is 10.0 Å². The normalized spacial score (nSPS) is 23.1. The highest BCUT2D eigenvalue weighted by atomic mass is 32.2. The summed E-state index contributed by atoms with van der Waals surface area (Å²) in [7, 11) is -3.68. The zero-order valence-corrected chi connectivity index (χ0v) is 12.8. The van der Waals surface area contributed by atoms with Gasteiger partial charge >= 0.3 is 0 Å². The lowest BCUT2D eigenvalue weighted by Crippen LogP contribution is -2.38. The number of halogens is 1. The predicted octanol–water partition coefficient (Wildman–Crippen LogP) is 1.88. The quantitative estimate of drug-likeness (QED) is 0.870. The van der Waals surface area contributed by atoms with Crippen molar-refractivity contribution in [3.05, 3.63) is 29.6 Å². The van der Waals surface area contributed by atoms with Crippen molar-refractivity contribution >= 4 is 21.8 Å². The van der Waals surface area contributed by atoms with Crippen molar-refractivity contribution in [2.45, 2.75) is 42.1 Å². The van der Waals surface area contributed by atoms with Crippen molar-refractivity contribution in [3.63, 3.8) is 0 Å². The summed E-state index contributed by atoms with van der Waals surface area (Å²) in [5.41, 5.74) is -0.0132. The molecule has 2 unspecified atom stereocenters. The van der Waals surface area contributed by atoms with Crippen LogP contribution in [0, 0.1) is 5.82 Å². The standard InChI is InChI=1S/C13H18FNO3S2/c1-19-13-4-2-3-12(13)15-20(17,18)10-5-6-11(14)9(7-10)8-16/h5-7,12-13,15-16H,2-4,8H2,1H3. The smallest absolute Gasteiger partial charge is 0.240 e. The average Bonchev–Trinajstić information content (AvgIpc) is 2.85. The minimum Gasteiger partial charge on any atom is -0.392 e. The van der Waals surface area contributed by atoms with Crippen LogP contribution in [0.25, 0.3) is 0 Å². The van der Waals surface area contributed by atoms with E-state index in [2.05, 4.69) is 4.72 Å². The van der Waals surface area contributed by atoms with Crippen molar-refractivity contribution in [2.75, 3.05) is 6.26 Å². The molecule has 0 spiro atoms. The number of hydrogen-bond donors (Lipinski definition) is 2. The number of sulfonamides is 1. The van der Waals surface area contributed by atoms with Gasteiger partial charge in [-0.25, -0.2) is 17.5 Å². The summed E-state index contributed by atoms with van der Waals surface area (Å²) in [6, 6.07) is 3.39. The van der Waals surface area contributed by atoms with Crippen LogP contribution in [0.15, 0.2) is 23.1 Å². The first-order valence-electron chi connectivity index (χ1n) is 6.42. The maximum atomic E-state index is 13.3. The van der Waals surface area contributed by atoms with E-state index in [0.717, 1.165) is 25.3 Å². The van der Waals surface area contributed by atoms with Gasteiger partial charge in [0, 0.05) is 16.9 Å². The summed E-state index contributed by atoms with van der Waals surface area (Å²) in [5.74, 6) is -0.602. The lowest BCUT2D eigenvalue weighted by atomic mass is 10.2. The molecule has 2 rings (SSSR count). The zero-order chi connectivity index (χ0) is 14.8. The highest BCUT2D eigenvalue weighted by Gasteiger charge is 2.30. The lowest BCUT2D eigenvalue weighted by Gasteiger charge is -2.19. The molecule has 1 fully saturated rings. The van der Waals surface area contributed by atoms with Gasteiger partial charge in [-0.3, -0.25) is 0 Å². The first-order chi connectivity index (χ1) is 9.47. The Balaban J connectivity index is 2.22. The van der Waals surface area contributed by atoms with E-state index in [1.165, 1.54) is 12.1 Å². The number of benzene rings is 1. The molecule has 0 amide bonds. The van der Waals surface area contributed by atoms with Gasteiger partial charge in [-0.15, -0.1) is 0 Å². The topological polar surface area (TPSA) is 66.4 Å². The lowest BCUT2D eigenvalue weighted by molar-refractivity contribution is 0.275. The third-order valence-corrected chi connectivity index (χ3v) is 6.22. The Kier molecular flexibility index (Phi) is 5.06. The summed E-state index contributed by atoms with van der Waals surface area (Å²) < 4.78 is 40.6. The molecule has 1 saturated carbocycles. The predicted molar refractivity (Wildman–Crippen MR) is 77.6 cm³/mol. The van der Waals surface area contributed by atoms with Gasteiger partial charge < -0.3 is 5.11 Å². The molecule has 1 aliphatic rings. The van der Waals surface area contributed by atoms with Crippen LogP contribution < -0.4 is 4.72 Å². The number of rotatable bonds is 5. The maximum absolute atomic E-state index is 13.3. The van der Waals surface area contributed by atoms with E-state index in [1.807, 2.05) is 6.26 Å². The van der Waals surface area contributed by atoms with Gasteiger partial charge in [-0.05, 0) is 37.3 Å². The third-order valence-electron chi connectivity index (χ3n) is 3.56. The molecule has 4 nitrogen and oxygen atoms in total. The van der Waals surface area contributed by atoms with Crippen LogP contribution in [-0.4, -0.2) is 31.1 Å². The minimum absolute atomic E-state index is 0.00490. The van der Waals surface area contributed by atoms with Gasteiger partial charge in [0.25, 0.3) is 0 Å². The Hall–Kier alpha value is -0.630. The van der Waals surface area contributed by atoms with Crippen molar-refractivity contribution in [2.24, 2.45) is 0 Å². The van der Waals surface area contributed by atoms with E-state index in [0.29, 0.717) is 0 Å². The average molecular weight is 319 g/mol. The molecule has 112 valence electrons. The molecular weight excluding hydrogens is 301 g/mol. The van der Waals surface area contributed by atoms with Crippen LogP contribution in [0.3, 0.4) is 0 Å². The second-order valence-corrected chi connectivity index (χ2v) is 7.64. The number of thioether (sulfide) groups is 1. The van der Waals surface area contributed by atoms with E-state index in [4.69, 9.17) is 5.11 Å². The molecule has 0 aliphatic heterocycles. The summed E-state index contributed by atoms with van der Waals surface area (Å²) in [6.07, 6.45) is 4.79. The highest BCUT2D eigenvalue weighted by molar-refractivity contribution is 7.99. The van der Waals surface area contributed by atoms with Crippen molar-refractivity contribution < 1.29 is 17.9 Å². The van der Waals surface area contributed by atoms with Gasteiger partial charge in [-0.2, -0.15) is 11.8 Å². The van der Waals surface area contributed by atoms with Crippen LogP contribution in [-0.2, 0) is 16.6 Å². The van der Waals surface area contributed by atoms with Gasteiger partial charge in [0.1, 0.15) is 5.82 Å². The number of aliphatic hydroxyl groups is 1. The van der Waals surface area contributed by atoms with Gasteiger partial charge in [0.15, 0.2) is 0 Å². The van der Waals surface area contributed by atoms with Crippen LogP contribution in [0.1, 0.15) is 24.8 Å². The fourth-order valence-corrected chi connectivity index (χ4v) is 4.83. The molecule has 1 aromatic rings. The summed E-state index contributed by atoms with van der Waals surface area (Å²) in [5, 5.41) is 9.29. The van der Waals surface area contributed by atoms with E-state index >= 15 is 0 Å². The molecule has 1 aromatic carbocycles. The van der Waals surface area contributed by atoms with E-state index in [9.17, 15) is 12.8 Å². The fraction of sp³-hybridized carbons (Fsp3) is 0.538. The largest absolute Gasteiger partial charge is 0.392 e. The molecule has 0 bridgehead atoms. The first kappa shape index (κ1) is 15.8. The monoisotopic (exact) mass is 319 g/mol. The van der Waals surface area contributed by atoms with E-state index in [1.54, 1.807) is 11.8 Å². The van der Waals surface area contributed by atoms with Crippen LogP contribution >= 0.6 is 11.8 Å². The summed E-state index contributed by atoms with van der Waals surface area (Å²) >= 11 is 1.66. The van der Waals surface area contributed by atoms with Crippen LogP contribution in [0.4, 0.5) is 4.39 Å². The van der Waals surface area contributed by atoms with Crippen molar-refractivity contribution in [1.29, 1.82) is 0 Å². The Bertz CT molecular complexity index is 577. The van der Waals surface area contributed by atoms with Crippen molar-refractivity contribution in [3.8, 4) is 0 Å². The molecule has 20 heavy (non-hydrogen) atoms. The number of hydrogen-bond acceptors (Lipinski definition) is 4. The van der Waals surface area contributed by atoms with E-state index < -0.39 is 22.4 Å². The Morgan fingerprint density at radius 1 is 1.45 bits per heavy atom. The second-order valence-electron chi connectivity index (χ2n) is 4.84. The Labute approximate surface area is 122 Å². The minimum atomic E-state index is -3.68. The Morgan fingerprint density at radius 3 is 2.85 bits per heavy atom. The zero-order valence-electron chi connectivity index (χ0n) is 11.2. The maximum Gasteiger partial charge on any atom is 0.240 e. The molecule has 1 aliphatic carbocycles. The Morgan fingerprint density at radius 2 is 2.20 bits per heavy atom. The van der Waals surface area contributed by atoms with E-state index in [-0.39, 0.29) is 21.8 Å². The highest BCUT2D eigenvalue weighted by Crippen LogP contribution is 2.29. The number of aliphatic hydroxyl groups excluding tert-OH is 1. The molecule has 2 atom stereocenters. The summed E-state index contributed by atoms with van der Waals surface area (Å²) in [6.45, 7) is -0.522. The summed E-state index contributed by atoms with van der Waals surface area (Å²) in [4.78, 5) is -0.00490. The molecule has 0 aromatic heterocycles.